The van der Waals surface area contributed by atoms with Crippen LogP contribution in [0, 0.1) is 0 Å². The molecule has 5 nitrogen and oxygen atoms in total. The van der Waals surface area contributed by atoms with E-state index in [4.69, 9.17) is 10.5 Å². The van der Waals surface area contributed by atoms with E-state index in [1.807, 2.05) is 6.07 Å². The van der Waals surface area contributed by atoms with E-state index in [0.29, 0.717) is 38.3 Å². The number of hydrogen-bond acceptors (Lipinski definition) is 4. The predicted octanol–water partition coefficient (Wildman–Crippen LogP) is 1.08. The van der Waals surface area contributed by atoms with Gasteiger partial charge in [-0.25, -0.2) is 0 Å². The van der Waals surface area contributed by atoms with E-state index in [2.05, 4.69) is 26.2 Å². The Labute approximate surface area is 109 Å². The average Bonchev–Trinajstić information content (AvgIpc) is 2.32. The summed E-state index contributed by atoms with van der Waals surface area (Å²) in [4.78, 5) is 15.2. The van der Waals surface area contributed by atoms with Gasteiger partial charge in [-0.3, -0.25) is 9.78 Å². The van der Waals surface area contributed by atoms with Gasteiger partial charge in [-0.2, -0.15) is 0 Å². The molecule has 0 saturated carbocycles. The first-order valence-corrected chi connectivity index (χ1v) is 6.22. The van der Waals surface area contributed by atoms with Crippen LogP contribution < -0.4 is 15.8 Å². The molecule has 0 atom stereocenters. The molecular formula is C11H16BrN3O2. The van der Waals surface area contributed by atoms with Crippen molar-refractivity contribution in [3.63, 3.8) is 0 Å². The van der Waals surface area contributed by atoms with Gasteiger partial charge >= 0.3 is 0 Å². The molecule has 1 heterocycles. The van der Waals surface area contributed by atoms with Crippen LogP contribution >= 0.6 is 15.9 Å². The maximum Gasteiger partial charge on any atom is 0.220 e. The van der Waals surface area contributed by atoms with Crippen molar-refractivity contribution in [2.75, 3.05) is 19.7 Å². The Hall–Kier alpha value is -1.14. The third-order valence-corrected chi connectivity index (χ3v) is 2.40. The summed E-state index contributed by atoms with van der Waals surface area (Å²) in [6.07, 6.45) is 4.44. The predicted molar refractivity (Wildman–Crippen MR) is 68.7 cm³/mol. The van der Waals surface area contributed by atoms with E-state index >= 15 is 0 Å². The van der Waals surface area contributed by atoms with Crippen LogP contribution in [0.5, 0.6) is 5.75 Å². The molecule has 17 heavy (non-hydrogen) atoms. The lowest BCUT2D eigenvalue weighted by molar-refractivity contribution is -0.121. The van der Waals surface area contributed by atoms with Crippen molar-refractivity contribution in [3.8, 4) is 5.75 Å². The molecule has 94 valence electrons. The summed E-state index contributed by atoms with van der Waals surface area (Å²) < 4.78 is 6.32. The van der Waals surface area contributed by atoms with Crippen LogP contribution in [-0.4, -0.2) is 30.6 Å². The SMILES string of the molecule is NCCNC(=O)CCCOc1cncc(Br)c1. The number of pyridine rings is 1. The van der Waals surface area contributed by atoms with Gasteiger partial charge in [0.1, 0.15) is 5.75 Å². The highest BCUT2D eigenvalue weighted by Crippen LogP contribution is 2.15. The molecule has 0 bridgehead atoms. The molecule has 0 aliphatic rings. The third kappa shape index (κ3) is 6.23. The zero-order valence-electron chi connectivity index (χ0n) is 9.49. The van der Waals surface area contributed by atoms with E-state index in [-0.39, 0.29) is 5.91 Å². The van der Waals surface area contributed by atoms with Crippen LogP contribution in [-0.2, 0) is 4.79 Å². The van der Waals surface area contributed by atoms with Gasteiger partial charge in [0, 0.05) is 30.2 Å². The lowest BCUT2D eigenvalue weighted by atomic mass is 10.3. The summed E-state index contributed by atoms with van der Waals surface area (Å²) in [5.74, 6) is 0.702. The number of carbonyl (C=O) groups is 1. The highest BCUT2D eigenvalue weighted by atomic mass is 79.9. The Morgan fingerprint density at radius 1 is 1.53 bits per heavy atom. The topological polar surface area (TPSA) is 77.2 Å². The fourth-order valence-corrected chi connectivity index (χ4v) is 1.54. The molecule has 0 aliphatic heterocycles. The van der Waals surface area contributed by atoms with E-state index in [1.54, 1.807) is 12.4 Å². The average molecular weight is 302 g/mol. The van der Waals surface area contributed by atoms with Crippen LogP contribution in [0.2, 0.25) is 0 Å². The number of rotatable bonds is 7. The number of ether oxygens (including phenoxy) is 1. The van der Waals surface area contributed by atoms with Gasteiger partial charge in [0.05, 0.1) is 12.8 Å². The number of nitrogens with one attached hydrogen (secondary N) is 1. The monoisotopic (exact) mass is 301 g/mol. The Kier molecular flexibility index (Phi) is 6.57. The van der Waals surface area contributed by atoms with Gasteiger partial charge in [-0.05, 0) is 28.4 Å². The summed E-state index contributed by atoms with van der Waals surface area (Å²) in [5.41, 5.74) is 5.27. The first kappa shape index (κ1) is 13.9. The highest BCUT2D eigenvalue weighted by molar-refractivity contribution is 9.10. The lowest BCUT2D eigenvalue weighted by Gasteiger charge is -2.06. The second kappa shape index (κ2) is 8.03. The van der Waals surface area contributed by atoms with Crippen molar-refractivity contribution in [1.82, 2.24) is 10.3 Å². The molecule has 1 amide bonds. The summed E-state index contributed by atoms with van der Waals surface area (Å²) >= 11 is 3.30. The molecular weight excluding hydrogens is 286 g/mol. The molecule has 1 rings (SSSR count). The van der Waals surface area contributed by atoms with Crippen LogP contribution in [0.3, 0.4) is 0 Å². The van der Waals surface area contributed by atoms with Gasteiger partial charge in [-0.15, -0.1) is 0 Å². The van der Waals surface area contributed by atoms with E-state index < -0.39 is 0 Å². The van der Waals surface area contributed by atoms with Gasteiger partial charge in [0.15, 0.2) is 0 Å². The van der Waals surface area contributed by atoms with Crippen LogP contribution in [0.15, 0.2) is 22.9 Å². The Bertz CT molecular complexity index is 360. The fraction of sp³-hybridized carbons (Fsp3) is 0.455. The van der Waals surface area contributed by atoms with Crippen molar-refractivity contribution in [1.29, 1.82) is 0 Å². The number of nitrogens with two attached hydrogens (primary N) is 1. The molecule has 6 heteroatoms. The Morgan fingerprint density at radius 2 is 2.35 bits per heavy atom. The molecule has 1 aromatic rings. The smallest absolute Gasteiger partial charge is 0.220 e. The standard InChI is InChI=1S/C11H16BrN3O2/c12-9-6-10(8-14-7-9)17-5-1-2-11(16)15-4-3-13/h6-8H,1-5,13H2,(H,15,16). The lowest BCUT2D eigenvalue weighted by Crippen LogP contribution is -2.29. The fourth-order valence-electron chi connectivity index (χ4n) is 1.19. The summed E-state index contributed by atoms with van der Waals surface area (Å²) in [7, 11) is 0. The van der Waals surface area contributed by atoms with Crippen molar-refractivity contribution < 1.29 is 9.53 Å². The molecule has 1 aromatic heterocycles. The second-order valence-corrected chi connectivity index (χ2v) is 4.35. The van der Waals surface area contributed by atoms with Gasteiger partial charge < -0.3 is 15.8 Å². The zero-order chi connectivity index (χ0) is 12.5. The highest BCUT2D eigenvalue weighted by Gasteiger charge is 2.00. The van der Waals surface area contributed by atoms with Crippen LogP contribution in [0.1, 0.15) is 12.8 Å². The summed E-state index contributed by atoms with van der Waals surface area (Å²) in [5, 5.41) is 2.70. The van der Waals surface area contributed by atoms with E-state index in [9.17, 15) is 4.79 Å². The molecule has 0 fully saturated rings. The number of nitrogens with zero attached hydrogens (tertiary/aromatic N) is 1. The molecule has 0 aromatic carbocycles. The number of halogens is 1. The minimum atomic E-state index is 0.00594. The first-order chi connectivity index (χ1) is 8.22. The zero-order valence-corrected chi connectivity index (χ0v) is 11.1. The minimum absolute atomic E-state index is 0.00594. The number of aromatic nitrogens is 1. The number of carbonyl (C=O) groups excluding carboxylic acids is 1. The summed E-state index contributed by atoms with van der Waals surface area (Å²) in [6, 6.07) is 1.83. The van der Waals surface area contributed by atoms with E-state index in [1.165, 1.54) is 0 Å². The molecule has 0 spiro atoms. The maximum absolute atomic E-state index is 11.2. The molecule has 0 radical (unpaired) electrons. The van der Waals surface area contributed by atoms with Gasteiger partial charge in [0.25, 0.3) is 0 Å². The third-order valence-electron chi connectivity index (χ3n) is 1.96. The van der Waals surface area contributed by atoms with Crippen LogP contribution in [0.4, 0.5) is 0 Å². The van der Waals surface area contributed by atoms with Crippen molar-refractivity contribution in [2.45, 2.75) is 12.8 Å². The van der Waals surface area contributed by atoms with Crippen molar-refractivity contribution in [3.05, 3.63) is 22.9 Å². The molecule has 0 aliphatic carbocycles. The largest absolute Gasteiger partial charge is 0.492 e. The minimum Gasteiger partial charge on any atom is -0.492 e. The Morgan fingerprint density at radius 3 is 3.06 bits per heavy atom. The summed E-state index contributed by atoms with van der Waals surface area (Å²) in [6.45, 7) is 1.48. The second-order valence-electron chi connectivity index (χ2n) is 3.43. The van der Waals surface area contributed by atoms with Crippen LogP contribution in [0.25, 0.3) is 0 Å². The number of amides is 1. The quantitative estimate of drug-likeness (QED) is 0.739. The molecule has 0 saturated heterocycles. The van der Waals surface area contributed by atoms with E-state index in [0.717, 1.165) is 4.47 Å². The Balaban J connectivity index is 2.14. The van der Waals surface area contributed by atoms with Crippen molar-refractivity contribution in [2.24, 2.45) is 5.73 Å². The molecule has 0 unspecified atom stereocenters. The molecule has 3 N–H and O–H groups in total. The van der Waals surface area contributed by atoms with Gasteiger partial charge in [0.2, 0.25) is 5.91 Å². The number of hydrogen-bond donors (Lipinski definition) is 2. The first-order valence-electron chi connectivity index (χ1n) is 5.42. The van der Waals surface area contributed by atoms with Gasteiger partial charge in [-0.1, -0.05) is 0 Å². The van der Waals surface area contributed by atoms with Crippen molar-refractivity contribution >= 4 is 21.8 Å². The normalized spacial score (nSPS) is 10.0. The maximum atomic E-state index is 11.2.